The van der Waals surface area contributed by atoms with Crippen molar-refractivity contribution in [2.24, 2.45) is 5.41 Å². The van der Waals surface area contributed by atoms with Crippen molar-refractivity contribution < 1.29 is 19.0 Å². The number of methoxy groups -OCH3 is 1. The molecule has 1 amide bonds. The zero-order valence-electron chi connectivity index (χ0n) is 20.3. The third kappa shape index (κ3) is 8.52. The van der Waals surface area contributed by atoms with E-state index in [9.17, 15) is 10.1 Å². The van der Waals surface area contributed by atoms with Crippen molar-refractivity contribution in [2.45, 2.75) is 46.6 Å². The SMILES string of the molecule is COc1cc(/C=C(/C#N)C(=O)NC(C)(C)CC(C)(C)C)ccc1OCCN1CCOCC1. The number of nitrogens with one attached hydrogen (secondary N) is 1. The first-order valence-corrected chi connectivity index (χ1v) is 11.1. The summed E-state index contributed by atoms with van der Waals surface area (Å²) in [4.78, 5) is 15.0. The van der Waals surface area contributed by atoms with Gasteiger partial charge < -0.3 is 19.5 Å². The minimum atomic E-state index is -0.429. The molecule has 7 heteroatoms. The summed E-state index contributed by atoms with van der Waals surface area (Å²) >= 11 is 0. The summed E-state index contributed by atoms with van der Waals surface area (Å²) in [6.45, 7) is 15.0. The number of ether oxygens (including phenoxy) is 3. The Balaban J connectivity index is 2.05. The molecular weight excluding hydrogens is 406 g/mol. The molecule has 2 rings (SSSR count). The Morgan fingerprint density at radius 2 is 1.91 bits per heavy atom. The van der Waals surface area contributed by atoms with E-state index in [-0.39, 0.29) is 16.9 Å². The number of carbonyl (C=O) groups is 1. The second kappa shape index (κ2) is 11.3. The number of hydrogen-bond acceptors (Lipinski definition) is 6. The van der Waals surface area contributed by atoms with Crippen molar-refractivity contribution >= 4 is 12.0 Å². The minimum Gasteiger partial charge on any atom is -0.493 e. The van der Waals surface area contributed by atoms with Crippen molar-refractivity contribution in [3.63, 3.8) is 0 Å². The second-order valence-corrected chi connectivity index (χ2v) is 9.96. The summed E-state index contributed by atoms with van der Waals surface area (Å²) in [5.41, 5.74) is 0.372. The first-order chi connectivity index (χ1) is 15.0. The van der Waals surface area contributed by atoms with Gasteiger partial charge in [0.1, 0.15) is 18.2 Å². The number of benzene rings is 1. The molecule has 32 heavy (non-hydrogen) atoms. The molecule has 0 bridgehead atoms. The largest absolute Gasteiger partial charge is 0.493 e. The van der Waals surface area contributed by atoms with Crippen LogP contribution in [0.3, 0.4) is 0 Å². The first-order valence-electron chi connectivity index (χ1n) is 11.1. The smallest absolute Gasteiger partial charge is 0.262 e. The Bertz CT molecular complexity index is 844. The van der Waals surface area contributed by atoms with E-state index in [0.29, 0.717) is 23.7 Å². The average molecular weight is 444 g/mol. The lowest BCUT2D eigenvalue weighted by atomic mass is 9.81. The Kier molecular flexibility index (Phi) is 9.11. The summed E-state index contributed by atoms with van der Waals surface area (Å²) in [6, 6.07) is 7.42. The highest BCUT2D eigenvalue weighted by molar-refractivity contribution is 6.02. The third-order valence-corrected chi connectivity index (χ3v) is 5.06. The van der Waals surface area contributed by atoms with Gasteiger partial charge in [0.2, 0.25) is 0 Å². The first kappa shape index (κ1) is 25.7. The van der Waals surface area contributed by atoms with Crippen LogP contribution in [0.1, 0.15) is 46.6 Å². The Morgan fingerprint density at radius 1 is 1.22 bits per heavy atom. The molecule has 0 unspecified atom stereocenters. The molecular formula is C25H37N3O4. The Hall–Kier alpha value is -2.56. The molecule has 1 N–H and O–H groups in total. The highest BCUT2D eigenvalue weighted by Gasteiger charge is 2.28. The van der Waals surface area contributed by atoms with Gasteiger partial charge in [-0.3, -0.25) is 9.69 Å². The van der Waals surface area contributed by atoms with Gasteiger partial charge in [0.15, 0.2) is 11.5 Å². The van der Waals surface area contributed by atoms with Crippen molar-refractivity contribution in [3.8, 4) is 17.6 Å². The molecule has 1 aliphatic heterocycles. The van der Waals surface area contributed by atoms with Crippen LogP contribution in [-0.4, -0.2) is 62.9 Å². The van der Waals surface area contributed by atoms with Gasteiger partial charge >= 0.3 is 0 Å². The van der Waals surface area contributed by atoms with Crippen LogP contribution in [0, 0.1) is 16.7 Å². The van der Waals surface area contributed by atoms with E-state index >= 15 is 0 Å². The van der Waals surface area contributed by atoms with Gasteiger partial charge in [-0.2, -0.15) is 5.26 Å². The molecule has 1 heterocycles. The average Bonchev–Trinajstić information content (AvgIpc) is 2.71. The summed E-state index contributed by atoms with van der Waals surface area (Å²) in [5, 5.41) is 12.5. The topological polar surface area (TPSA) is 83.8 Å². The van der Waals surface area contributed by atoms with Crippen LogP contribution >= 0.6 is 0 Å². The fourth-order valence-corrected chi connectivity index (χ4v) is 4.06. The van der Waals surface area contributed by atoms with Gasteiger partial charge in [-0.25, -0.2) is 0 Å². The number of nitriles is 1. The molecule has 1 aromatic rings. The summed E-state index contributed by atoms with van der Waals surface area (Å²) in [5.74, 6) is 0.810. The van der Waals surface area contributed by atoms with Crippen LogP contribution in [0.25, 0.3) is 6.08 Å². The number of morpholine rings is 1. The number of carbonyl (C=O) groups excluding carboxylic acids is 1. The molecule has 0 spiro atoms. The quantitative estimate of drug-likeness (QED) is 0.463. The molecule has 0 aliphatic carbocycles. The second-order valence-electron chi connectivity index (χ2n) is 9.96. The molecule has 0 radical (unpaired) electrons. The number of nitrogens with zero attached hydrogens (tertiary/aromatic N) is 2. The van der Waals surface area contributed by atoms with Gasteiger partial charge in [-0.05, 0) is 49.5 Å². The predicted octanol–water partition coefficient (Wildman–Crippen LogP) is 3.64. The molecule has 1 aliphatic rings. The van der Waals surface area contributed by atoms with Crippen molar-refractivity contribution in [1.82, 2.24) is 10.2 Å². The van der Waals surface area contributed by atoms with Crippen molar-refractivity contribution in [2.75, 3.05) is 46.6 Å². The Morgan fingerprint density at radius 3 is 2.50 bits per heavy atom. The zero-order chi connectivity index (χ0) is 23.8. The van der Waals surface area contributed by atoms with E-state index in [1.54, 1.807) is 25.3 Å². The van der Waals surface area contributed by atoms with E-state index in [1.165, 1.54) is 0 Å². The van der Waals surface area contributed by atoms with Crippen LogP contribution in [0.2, 0.25) is 0 Å². The highest BCUT2D eigenvalue weighted by atomic mass is 16.5. The van der Waals surface area contributed by atoms with E-state index in [0.717, 1.165) is 39.3 Å². The Labute approximate surface area is 192 Å². The molecule has 1 fully saturated rings. The lowest BCUT2D eigenvalue weighted by Crippen LogP contribution is -2.46. The van der Waals surface area contributed by atoms with Gasteiger partial charge in [0, 0.05) is 25.2 Å². The molecule has 7 nitrogen and oxygen atoms in total. The molecule has 1 aromatic carbocycles. The highest BCUT2D eigenvalue weighted by Crippen LogP contribution is 2.30. The van der Waals surface area contributed by atoms with Crippen LogP contribution in [0.15, 0.2) is 23.8 Å². The lowest BCUT2D eigenvalue weighted by molar-refractivity contribution is -0.118. The van der Waals surface area contributed by atoms with Crippen molar-refractivity contribution in [3.05, 3.63) is 29.3 Å². The molecule has 0 saturated carbocycles. The molecule has 0 atom stereocenters. The van der Waals surface area contributed by atoms with Crippen LogP contribution < -0.4 is 14.8 Å². The van der Waals surface area contributed by atoms with E-state index in [2.05, 4.69) is 31.0 Å². The number of amides is 1. The normalized spacial score (nSPS) is 15.7. The zero-order valence-corrected chi connectivity index (χ0v) is 20.3. The molecule has 0 aromatic heterocycles. The maximum Gasteiger partial charge on any atom is 0.262 e. The molecule has 176 valence electrons. The standard InChI is InChI=1S/C25H37N3O4/c1-24(2,3)18-25(4,5)27-23(29)20(17-26)15-19-7-8-21(22(16-19)30-6)32-14-11-28-9-12-31-13-10-28/h7-8,15-16H,9-14,18H2,1-6H3,(H,27,29)/b20-15-. The summed E-state index contributed by atoms with van der Waals surface area (Å²) in [6.07, 6.45) is 2.36. The summed E-state index contributed by atoms with van der Waals surface area (Å²) in [7, 11) is 1.57. The maximum absolute atomic E-state index is 12.7. The third-order valence-electron chi connectivity index (χ3n) is 5.06. The van der Waals surface area contributed by atoms with Gasteiger partial charge in [-0.15, -0.1) is 0 Å². The minimum absolute atomic E-state index is 0.0509. The van der Waals surface area contributed by atoms with E-state index in [4.69, 9.17) is 14.2 Å². The van der Waals surface area contributed by atoms with Crippen LogP contribution in [-0.2, 0) is 9.53 Å². The van der Waals surface area contributed by atoms with E-state index < -0.39 is 5.54 Å². The predicted molar refractivity (Wildman–Crippen MR) is 126 cm³/mol. The molecule has 1 saturated heterocycles. The van der Waals surface area contributed by atoms with Crippen LogP contribution in [0.4, 0.5) is 0 Å². The fourth-order valence-electron chi connectivity index (χ4n) is 4.06. The van der Waals surface area contributed by atoms with Crippen LogP contribution in [0.5, 0.6) is 11.5 Å². The fraction of sp³-hybridized carbons (Fsp3) is 0.600. The van der Waals surface area contributed by atoms with Gasteiger partial charge in [0.05, 0.1) is 20.3 Å². The van der Waals surface area contributed by atoms with Gasteiger partial charge in [-0.1, -0.05) is 26.8 Å². The number of rotatable bonds is 9. The maximum atomic E-state index is 12.7. The van der Waals surface area contributed by atoms with E-state index in [1.807, 2.05) is 26.0 Å². The lowest BCUT2D eigenvalue weighted by Gasteiger charge is -2.33. The summed E-state index contributed by atoms with van der Waals surface area (Å²) < 4.78 is 16.7. The van der Waals surface area contributed by atoms with Gasteiger partial charge in [0.25, 0.3) is 5.91 Å². The number of hydrogen-bond donors (Lipinski definition) is 1. The van der Waals surface area contributed by atoms with Crippen molar-refractivity contribution in [1.29, 1.82) is 5.26 Å². The monoisotopic (exact) mass is 443 g/mol.